The molecule has 2 heterocycles. The van der Waals surface area contributed by atoms with E-state index in [9.17, 15) is 4.79 Å². The number of amides is 1. The highest BCUT2D eigenvalue weighted by atomic mass is 16.5. The van der Waals surface area contributed by atoms with Gasteiger partial charge in [0.1, 0.15) is 0 Å². The normalized spacial score (nSPS) is 33.6. The summed E-state index contributed by atoms with van der Waals surface area (Å²) in [6.07, 6.45) is 1.03. The summed E-state index contributed by atoms with van der Waals surface area (Å²) in [5.41, 5.74) is 0. The SMILES string of the molecule is COC(=O)N1C[C@H]2CN[C@H](C2)C1. The van der Waals surface area contributed by atoms with Crippen molar-refractivity contribution in [2.75, 3.05) is 26.7 Å². The summed E-state index contributed by atoms with van der Waals surface area (Å²) in [7, 11) is 1.44. The number of likely N-dealkylation sites (tertiary alicyclic amines) is 1. The molecule has 68 valence electrons. The summed E-state index contributed by atoms with van der Waals surface area (Å²) in [6.45, 7) is 2.72. The highest BCUT2D eigenvalue weighted by Gasteiger charge is 2.34. The highest BCUT2D eigenvalue weighted by Crippen LogP contribution is 2.22. The van der Waals surface area contributed by atoms with E-state index < -0.39 is 0 Å². The molecular formula is C8H14N2O2. The zero-order valence-corrected chi connectivity index (χ0v) is 7.25. The van der Waals surface area contributed by atoms with E-state index in [2.05, 4.69) is 10.1 Å². The van der Waals surface area contributed by atoms with Crippen LogP contribution in [0.3, 0.4) is 0 Å². The molecule has 2 saturated heterocycles. The molecule has 0 unspecified atom stereocenters. The average Bonchev–Trinajstić information content (AvgIpc) is 2.44. The monoisotopic (exact) mass is 170 g/mol. The topological polar surface area (TPSA) is 41.6 Å². The van der Waals surface area contributed by atoms with Crippen LogP contribution in [0.5, 0.6) is 0 Å². The predicted molar refractivity (Wildman–Crippen MR) is 43.9 cm³/mol. The molecule has 0 aliphatic carbocycles. The van der Waals surface area contributed by atoms with Crippen LogP contribution in [0.2, 0.25) is 0 Å². The van der Waals surface area contributed by atoms with Crippen molar-refractivity contribution < 1.29 is 9.53 Å². The van der Waals surface area contributed by atoms with Gasteiger partial charge in [-0.2, -0.15) is 0 Å². The molecule has 4 nitrogen and oxygen atoms in total. The van der Waals surface area contributed by atoms with Gasteiger partial charge in [0.2, 0.25) is 0 Å². The van der Waals surface area contributed by atoms with Crippen LogP contribution in [0.15, 0.2) is 0 Å². The van der Waals surface area contributed by atoms with Crippen LogP contribution < -0.4 is 5.32 Å². The average molecular weight is 170 g/mol. The van der Waals surface area contributed by atoms with E-state index in [-0.39, 0.29) is 6.09 Å². The second-order valence-corrected chi connectivity index (χ2v) is 3.58. The van der Waals surface area contributed by atoms with Crippen LogP contribution in [0.4, 0.5) is 4.79 Å². The minimum Gasteiger partial charge on any atom is -0.453 e. The molecule has 4 heteroatoms. The van der Waals surface area contributed by atoms with E-state index in [1.165, 1.54) is 13.5 Å². The lowest BCUT2D eigenvalue weighted by atomic mass is 10.0. The second-order valence-electron chi connectivity index (χ2n) is 3.58. The summed E-state index contributed by atoms with van der Waals surface area (Å²) in [5.74, 6) is 0.642. The molecule has 0 radical (unpaired) electrons. The smallest absolute Gasteiger partial charge is 0.409 e. The predicted octanol–water partition coefficient (Wildman–Crippen LogP) is 0.0465. The summed E-state index contributed by atoms with van der Waals surface area (Å²) in [6, 6.07) is 0.503. The molecule has 0 aromatic carbocycles. The molecule has 2 bridgehead atoms. The first kappa shape index (κ1) is 7.86. The molecule has 0 saturated carbocycles. The van der Waals surface area contributed by atoms with Crippen molar-refractivity contribution in [3.8, 4) is 0 Å². The van der Waals surface area contributed by atoms with Crippen molar-refractivity contribution in [3.63, 3.8) is 0 Å². The molecular weight excluding hydrogens is 156 g/mol. The van der Waals surface area contributed by atoms with E-state index in [1.54, 1.807) is 4.90 Å². The molecule has 0 aromatic heterocycles. The number of rotatable bonds is 0. The quantitative estimate of drug-likeness (QED) is 0.558. The van der Waals surface area contributed by atoms with Gasteiger partial charge in [0.25, 0.3) is 0 Å². The first-order chi connectivity index (χ1) is 5.79. The molecule has 2 aliphatic heterocycles. The Morgan fingerprint density at radius 1 is 1.58 bits per heavy atom. The van der Waals surface area contributed by atoms with Crippen LogP contribution in [0.1, 0.15) is 6.42 Å². The zero-order chi connectivity index (χ0) is 8.55. The lowest BCUT2D eigenvalue weighted by Gasteiger charge is -2.29. The minimum absolute atomic E-state index is 0.187. The molecule has 1 N–H and O–H groups in total. The first-order valence-corrected chi connectivity index (χ1v) is 4.36. The fourth-order valence-electron chi connectivity index (χ4n) is 2.11. The third kappa shape index (κ3) is 1.27. The molecule has 0 aromatic rings. The number of ether oxygens (including phenoxy) is 1. The van der Waals surface area contributed by atoms with Gasteiger partial charge in [-0.15, -0.1) is 0 Å². The van der Waals surface area contributed by atoms with Crippen LogP contribution >= 0.6 is 0 Å². The van der Waals surface area contributed by atoms with Crippen LogP contribution in [-0.4, -0.2) is 43.8 Å². The largest absolute Gasteiger partial charge is 0.453 e. The molecule has 12 heavy (non-hydrogen) atoms. The Balaban J connectivity index is 1.98. The number of hydrogen-bond donors (Lipinski definition) is 1. The van der Waals surface area contributed by atoms with Gasteiger partial charge >= 0.3 is 6.09 Å². The lowest BCUT2D eigenvalue weighted by Crippen LogP contribution is -2.44. The van der Waals surface area contributed by atoms with Crippen molar-refractivity contribution in [1.29, 1.82) is 0 Å². The van der Waals surface area contributed by atoms with E-state index in [0.29, 0.717) is 12.0 Å². The maximum atomic E-state index is 11.2. The number of carbonyl (C=O) groups excluding carboxylic acids is 1. The number of carbonyl (C=O) groups is 1. The number of hydrogen-bond acceptors (Lipinski definition) is 3. The second kappa shape index (κ2) is 2.94. The van der Waals surface area contributed by atoms with Crippen LogP contribution in [0, 0.1) is 5.92 Å². The molecule has 2 aliphatic rings. The fraction of sp³-hybridized carbons (Fsp3) is 0.875. The Bertz CT molecular complexity index is 183. The Kier molecular flexibility index (Phi) is 1.92. The van der Waals surface area contributed by atoms with Crippen molar-refractivity contribution in [1.82, 2.24) is 10.2 Å². The van der Waals surface area contributed by atoms with Gasteiger partial charge < -0.3 is 15.0 Å². The minimum atomic E-state index is -0.187. The molecule has 0 spiro atoms. The number of piperidine rings is 1. The Morgan fingerprint density at radius 3 is 3.08 bits per heavy atom. The summed E-state index contributed by atoms with van der Waals surface area (Å²) >= 11 is 0. The molecule has 1 amide bonds. The van der Waals surface area contributed by atoms with Gasteiger partial charge in [-0.25, -0.2) is 4.79 Å². The van der Waals surface area contributed by atoms with E-state index >= 15 is 0 Å². The zero-order valence-electron chi connectivity index (χ0n) is 7.25. The van der Waals surface area contributed by atoms with Gasteiger partial charge in [0, 0.05) is 25.7 Å². The fourth-order valence-corrected chi connectivity index (χ4v) is 2.11. The maximum absolute atomic E-state index is 11.2. The molecule has 2 fully saturated rings. The van der Waals surface area contributed by atoms with Crippen molar-refractivity contribution >= 4 is 6.09 Å². The number of fused-ring (bicyclic) bond motifs is 2. The van der Waals surface area contributed by atoms with E-state index in [1.807, 2.05) is 0 Å². The van der Waals surface area contributed by atoms with Gasteiger partial charge in [0.05, 0.1) is 7.11 Å². The van der Waals surface area contributed by atoms with Gasteiger partial charge in [-0.1, -0.05) is 0 Å². The standard InChI is InChI=1S/C8H14N2O2/c1-12-8(11)10-4-6-2-7(5-10)9-3-6/h6-7,9H,2-5H2,1H3/t6-,7-/m1/s1. The number of nitrogens with one attached hydrogen (secondary N) is 1. The third-order valence-corrected chi connectivity index (χ3v) is 2.67. The van der Waals surface area contributed by atoms with E-state index in [4.69, 9.17) is 0 Å². The van der Waals surface area contributed by atoms with Crippen LogP contribution in [-0.2, 0) is 4.74 Å². The van der Waals surface area contributed by atoms with Gasteiger partial charge in [0.15, 0.2) is 0 Å². The van der Waals surface area contributed by atoms with Crippen molar-refractivity contribution in [2.45, 2.75) is 12.5 Å². The van der Waals surface area contributed by atoms with Crippen LogP contribution in [0.25, 0.3) is 0 Å². The lowest BCUT2D eigenvalue weighted by molar-refractivity contribution is 0.107. The highest BCUT2D eigenvalue weighted by molar-refractivity contribution is 5.67. The molecule has 2 atom stereocenters. The Morgan fingerprint density at radius 2 is 2.42 bits per heavy atom. The van der Waals surface area contributed by atoms with Gasteiger partial charge in [-0.3, -0.25) is 0 Å². The number of nitrogens with zero attached hydrogens (tertiary/aromatic N) is 1. The first-order valence-electron chi connectivity index (χ1n) is 4.36. The Labute approximate surface area is 71.9 Å². The molecule has 2 rings (SSSR count). The summed E-state index contributed by atoms with van der Waals surface area (Å²) in [4.78, 5) is 13.0. The number of methoxy groups -OCH3 is 1. The summed E-state index contributed by atoms with van der Waals surface area (Å²) < 4.78 is 4.67. The van der Waals surface area contributed by atoms with Crippen molar-refractivity contribution in [3.05, 3.63) is 0 Å². The van der Waals surface area contributed by atoms with E-state index in [0.717, 1.165) is 19.6 Å². The van der Waals surface area contributed by atoms with Crippen molar-refractivity contribution in [2.24, 2.45) is 5.92 Å². The Hall–Kier alpha value is -0.770. The maximum Gasteiger partial charge on any atom is 0.409 e. The third-order valence-electron chi connectivity index (χ3n) is 2.67. The van der Waals surface area contributed by atoms with Gasteiger partial charge in [-0.05, 0) is 12.3 Å². The summed E-state index contributed by atoms with van der Waals surface area (Å²) in [5, 5.41) is 3.38.